The number of benzene rings is 2. The number of carbonyl (C=O) groups is 3. The van der Waals surface area contributed by atoms with Gasteiger partial charge in [0.1, 0.15) is 23.7 Å². The summed E-state index contributed by atoms with van der Waals surface area (Å²) in [5, 5.41) is 2.49. The number of alkyl halides is 3. The highest BCUT2D eigenvalue weighted by Crippen LogP contribution is 2.31. The monoisotopic (exact) mass is 467 g/mol. The molecule has 1 saturated heterocycles. The SMILES string of the molecule is CCN(Cc1cccc(F)c1)C(=O)CN1C(=O)NC(C)(c2ccc(OC(F)(F)F)cc2)C1=O. The summed E-state index contributed by atoms with van der Waals surface area (Å²) >= 11 is 0. The quantitative estimate of drug-likeness (QED) is 0.499. The van der Waals surface area contributed by atoms with Crippen LogP contribution >= 0.6 is 0 Å². The van der Waals surface area contributed by atoms with Crippen LogP contribution in [0, 0.1) is 5.82 Å². The Morgan fingerprint density at radius 1 is 1.15 bits per heavy atom. The lowest BCUT2D eigenvalue weighted by molar-refractivity contribution is -0.274. The molecule has 7 nitrogen and oxygen atoms in total. The molecule has 0 aromatic heterocycles. The van der Waals surface area contributed by atoms with E-state index in [0.29, 0.717) is 5.56 Å². The number of imide groups is 1. The Bertz CT molecular complexity index is 1060. The number of halogens is 4. The molecule has 1 aliphatic rings. The highest BCUT2D eigenvalue weighted by atomic mass is 19.4. The molecule has 3 rings (SSSR count). The summed E-state index contributed by atoms with van der Waals surface area (Å²) in [7, 11) is 0. The maximum Gasteiger partial charge on any atom is 0.573 e. The Hall–Kier alpha value is -3.63. The van der Waals surface area contributed by atoms with Crippen molar-refractivity contribution in [1.29, 1.82) is 0 Å². The molecule has 11 heteroatoms. The first-order valence-electron chi connectivity index (χ1n) is 9.95. The van der Waals surface area contributed by atoms with E-state index in [-0.39, 0.29) is 18.7 Å². The Morgan fingerprint density at radius 2 is 1.82 bits per heavy atom. The fourth-order valence-corrected chi connectivity index (χ4v) is 3.49. The van der Waals surface area contributed by atoms with E-state index in [2.05, 4.69) is 10.1 Å². The molecule has 1 aliphatic heterocycles. The highest BCUT2D eigenvalue weighted by molar-refractivity contribution is 6.09. The number of nitrogens with one attached hydrogen (secondary N) is 1. The van der Waals surface area contributed by atoms with Crippen LogP contribution in [0.4, 0.5) is 22.4 Å². The molecule has 4 amide bonds. The van der Waals surface area contributed by atoms with E-state index in [1.807, 2.05) is 0 Å². The maximum absolute atomic E-state index is 13.4. The van der Waals surface area contributed by atoms with E-state index < -0.39 is 47.9 Å². The van der Waals surface area contributed by atoms with Gasteiger partial charge in [-0.15, -0.1) is 13.2 Å². The number of likely N-dealkylation sites (N-methyl/N-ethyl adjacent to an activating group) is 1. The van der Waals surface area contributed by atoms with Crippen molar-refractivity contribution in [2.24, 2.45) is 0 Å². The van der Waals surface area contributed by atoms with Crippen molar-refractivity contribution in [3.05, 3.63) is 65.5 Å². The third-order valence-corrected chi connectivity index (χ3v) is 5.23. The second kappa shape index (κ2) is 9.08. The minimum atomic E-state index is -4.86. The van der Waals surface area contributed by atoms with Gasteiger partial charge in [-0.3, -0.25) is 14.5 Å². The zero-order chi connectivity index (χ0) is 24.4. The molecule has 0 bridgehead atoms. The third-order valence-electron chi connectivity index (χ3n) is 5.23. The number of nitrogens with zero attached hydrogens (tertiary/aromatic N) is 2. The van der Waals surface area contributed by atoms with Crippen molar-refractivity contribution in [2.45, 2.75) is 32.3 Å². The van der Waals surface area contributed by atoms with Crippen molar-refractivity contribution < 1.29 is 36.7 Å². The zero-order valence-corrected chi connectivity index (χ0v) is 17.8. The van der Waals surface area contributed by atoms with Crippen LogP contribution in [-0.2, 0) is 21.7 Å². The largest absolute Gasteiger partial charge is 0.573 e. The van der Waals surface area contributed by atoms with Crippen LogP contribution in [0.1, 0.15) is 25.0 Å². The topological polar surface area (TPSA) is 79.0 Å². The molecular formula is C22H21F4N3O4. The van der Waals surface area contributed by atoms with E-state index in [1.54, 1.807) is 13.0 Å². The summed E-state index contributed by atoms with van der Waals surface area (Å²) in [6, 6.07) is 9.42. The lowest BCUT2D eigenvalue weighted by Gasteiger charge is -2.25. The zero-order valence-electron chi connectivity index (χ0n) is 17.8. The minimum absolute atomic E-state index is 0.0919. The minimum Gasteiger partial charge on any atom is -0.406 e. The second-order valence-electron chi connectivity index (χ2n) is 7.56. The molecule has 33 heavy (non-hydrogen) atoms. The molecule has 0 saturated carbocycles. The van der Waals surface area contributed by atoms with E-state index in [9.17, 15) is 31.9 Å². The molecule has 2 aromatic rings. The lowest BCUT2D eigenvalue weighted by atomic mass is 9.92. The number of hydrogen-bond donors (Lipinski definition) is 1. The number of amides is 4. The molecular weight excluding hydrogens is 446 g/mol. The second-order valence-corrected chi connectivity index (χ2v) is 7.56. The van der Waals surface area contributed by atoms with Gasteiger partial charge in [-0.1, -0.05) is 24.3 Å². The van der Waals surface area contributed by atoms with Crippen LogP contribution in [-0.4, -0.2) is 47.1 Å². The van der Waals surface area contributed by atoms with Gasteiger partial charge in [0.2, 0.25) is 5.91 Å². The first-order valence-corrected chi connectivity index (χ1v) is 9.95. The maximum atomic E-state index is 13.4. The lowest BCUT2D eigenvalue weighted by Crippen LogP contribution is -2.44. The first kappa shape index (κ1) is 24.0. The average Bonchev–Trinajstić information content (AvgIpc) is 2.95. The Kier molecular flexibility index (Phi) is 6.61. The summed E-state index contributed by atoms with van der Waals surface area (Å²) < 4.78 is 54.3. The van der Waals surface area contributed by atoms with Gasteiger partial charge in [0.05, 0.1) is 0 Å². The smallest absolute Gasteiger partial charge is 0.406 e. The van der Waals surface area contributed by atoms with Crippen molar-refractivity contribution in [2.75, 3.05) is 13.1 Å². The van der Waals surface area contributed by atoms with Gasteiger partial charge in [-0.05, 0) is 49.2 Å². The number of urea groups is 1. The van der Waals surface area contributed by atoms with Crippen LogP contribution in [0.15, 0.2) is 48.5 Å². The highest BCUT2D eigenvalue weighted by Gasteiger charge is 2.49. The van der Waals surface area contributed by atoms with Gasteiger partial charge in [0.25, 0.3) is 5.91 Å². The molecule has 2 aromatic carbocycles. The number of ether oxygens (including phenoxy) is 1. The van der Waals surface area contributed by atoms with Gasteiger partial charge in [0.15, 0.2) is 0 Å². The van der Waals surface area contributed by atoms with Crippen LogP contribution in [0.3, 0.4) is 0 Å². The molecule has 0 spiro atoms. The molecule has 1 fully saturated rings. The Morgan fingerprint density at radius 3 is 2.39 bits per heavy atom. The fourth-order valence-electron chi connectivity index (χ4n) is 3.49. The van der Waals surface area contributed by atoms with Gasteiger partial charge in [0, 0.05) is 13.1 Å². The van der Waals surface area contributed by atoms with Crippen molar-refractivity contribution in [3.63, 3.8) is 0 Å². The first-order chi connectivity index (χ1) is 15.4. The van der Waals surface area contributed by atoms with Gasteiger partial charge >= 0.3 is 12.4 Å². The van der Waals surface area contributed by atoms with Gasteiger partial charge < -0.3 is 15.0 Å². The standard InChI is InChI=1S/C22H21F4N3O4/c1-3-28(12-14-5-4-6-16(23)11-14)18(30)13-29-19(31)21(2,27-20(29)32)15-7-9-17(10-8-15)33-22(24,25)26/h4-11H,3,12-13H2,1-2H3,(H,27,32). The summed E-state index contributed by atoms with van der Waals surface area (Å²) in [6.45, 7) is 2.91. The predicted molar refractivity (Wildman–Crippen MR) is 108 cm³/mol. The summed E-state index contributed by atoms with van der Waals surface area (Å²) in [5.74, 6) is -2.18. The normalized spacial score (nSPS) is 18.3. The molecule has 1 N–H and O–H groups in total. The Balaban J connectivity index is 1.72. The summed E-state index contributed by atoms with van der Waals surface area (Å²) in [5.41, 5.74) is -0.806. The van der Waals surface area contributed by atoms with Gasteiger partial charge in [-0.2, -0.15) is 0 Å². The van der Waals surface area contributed by atoms with Gasteiger partial charge in [-0.25, -0.2) is 9.18 Å². The van der Waals surface area contributed by atoms with Crippen molar-refractivity contribution in [3.8, 4) is 5.75 Å². The van der Waals surface area contributed by atoms with Crippen LogP contribution < -0.4 is 10.1 Å². The molecule has 176 valence electrons. The molecule has 1 atom stereocenters. The molecule has 1 unspecified atom stereocenters. The van der Waals surface area contributed by atoms with Crippen molar-refractivity contribution in [1.82, 2.24) is 15.1 Å². The van der Waals surface area contributed by atoms with Crippen LogP contribution in [0.5, 0.6) is 5.75 Å². The molecule has 1 heterocycles. The number of rotatable bonds is 7. The van der Waals surface area contributed by atoms with E-state index in [1.165, 1.54) is 42.2 Å². The number of hydrogen-bond acceptors (Lipinski definition) is 4. The van der Waals surface area contributed by atoms with E-state index in [0.717, 1.165) is 17.0 Å². The summed E-state index contributed by atoms with van der Waals surface area (Å²) in [6.07, 6.45) is -4.86. The van der Waals surface area contributed by atoms with Crippen LogP contribution in [0.2, 0.25) is 0 Å². The third kappa shape index (κ3) is 5.41. The molecule has 0 aliphatic carbocycles. The van der Waals surface area contributed by atoms with E-state index in [4.69, 9.17) is 0 Å². The molecule has 0 radical (unpaired) electrons. The number of carbonyl (C=O) groups excluding carboxylic acids is 3. The van der Waals surface area contributed by atoms with E-state index >= 15 is 0 Å². The summed E-state index contributed by atoms with van der Waals surface area (Å²) in [4.78, 5) is 40.4. The van der Waals surface area contributed by atoms with Crippen molar-refractivity contribution >= 4 is 17.8 Å². The average molecular weight is 467 g/mol. The Labute approximate surface area is 186 Å². The predicted octanol–water partition coefficient (Wildman–Crippen LogP) is 3.54. The fraction of sp³-hybridized carbons (Fsp3) is 0.318. The van der Waals surface area contributed by atoms with Crippen LogP contribution in [0.25, 0.3) is 0 Å².